The molecule has 0 radical (unpaired) electrons. The highest BCUT2D eigenvalue weighted by Crippen LogP contribution is 2.07. The van der Waals surface area contributed by atoms with Crippen molar-refractivity contribution < 1.29 is 4.79 Å². The Morgan fingerprint density at radius 2 is 1.50 bits per heavy atom. The van der Waals surface area contributed by atoms with Crippen LogP contribution in [0.25, 0.3) is 10.9 Å². The number of aromatic nitrogens is 1. The minimum atomic E-state index is 1.06. The van der Waals surface area contributed by atoms with Gasteiger partial charge < -0.3 is 9.69 Å². The van der Waals surface area contributed by atoms with Gasteiger partial charge in [-0.25, -0.2) is 0 Å². The molecule has 0 atom stereocenters. The summed E-state index contributed by atoms with van der Waals surface area (Å²) in [6, 6.07) is 12.1. The first-order chi connectivity index (χ1) is 7.70. The monoisotopic (exact) mass is 218 g/mol. The zero-order chi connectivity index (χ0) is 12.4. The molecule has 0 spiro atoms. The Morgan fingerprint density at radius 1 is 1.00 bits per heavy atom. The Kier molecular flexibility index (Phi) is 7.63. The molecule has 2 aromatic rings. The number of carbonyl (C=O) groups is 1. The summed E-state index contributed by atoms with van der Waals surface area (Å²) < 4.78 is 0. The lowest BCUT2D eigenvalue weighted by molar-refractivity contribution is -0.0979. The average molecular weight is 218 g/mol. The van der Waals surface area contributed by atoms with Crippen molar-refractivity contribution in [3.63, 3.8) is 0 Å². The minimum Gasteiger partial charge on any atom is -0.312 e. The smallest absolute Gasteiger partial charge is 0.106 e. The molecule has 0 saturated carbocycles. The van der Waals surface area contributed by atoms with E-state index in [2.05, 4.69) is 17.1 Å². The zero-order valence-electron chi connectivity index (χ0n) is 10.1. The van der Waals surface area contributed by atoms with Gasteiger partial charge in [0.25, 0.3) is 0 Å². The zero-order valence-corrected chi connectivity index (χ0v) is 10.1. The van der Waals surface area contributed by atoms with Gasteiger partial charge in [0.05, 0.1) is 5.52 Å². The lowest BCUT2D eigenvalue weighted by Gasteiger charge is -1.91. The Hall–Kier alpha value is -1.74. The van der Waals surface area contributed by atoms with E-state index in [0.29, 0.717) is 0 Å². The van der Waals surface area contributed by atoms with Gasteiger partial charge in [-0.15, -0.1) is 0 Å². The molecule has 1 aromatic carbocycles. The van der Waals surface area contributed by atoms with Gasteiger partial charge in [-0.2, -0.15) is 0 Å². The average Bonchev–Trinajstić information content (AvgIpc) is 2.31. The summed E-state index contributed by atoms with van der Waals surface area (Å²) in [5.41, 5.74) is 1.06. The molecular weight excluding hydrogens is 200 g/mol. The lowest BCUT2D eigenvalue weighted by atomic mass is 10.2. The molecule has 0 aliphatic carbocycles. The maximum Gasteiger partial charge on any atom is 0.106 e. The lowest BCUT2D eigenvalue weighted by Crippen LogP contribution is -1.99. The fourth-order valence-corrected chi connectivity index (χ4v) is 1.02. The van der Waals surface area contributed by atoms with Gasteiger partial charge >= 0.3 is 0 Å². The van der Waals surface area contributed by atoms with Gasteiger partial charge in [-0.05, 0) is 33.3 Å². The normalized spacial score (nSPS) is 8.75. The molecule has 0 unspecified atom stereocenters. The van der Waals surface area contributed by atoms with Crippen LogP contribution in [0.1, 0.15) is 0 Å². The van der Waals surface area contributed by atoms with Crippen LogP contribution in [0.2, 0.25) is 0 Å². The van der Waals surface area contributed by atoms with Crippen molar-refractivity contribution >= 4 is 17.7 Å². The van der Waals surface area contributed by atoms with E-state index >= 15 is 0 Å². The summed E-state index contributed by atoms with van der Waals surface area (Å²) in [6.07, 6.45) is 1.81. The summed E-state index contributed by atoms with van der Waals surface area (Å²) in [5, 5.41) is 1.20. The predicted octanol–water partition coefficient (Wildman–Crippen LogP) is 2.23. The van der Waals surface area contributed by atoms with Crippen molar-refractivity contribution in [1.82, 2.24) is 9.88 Å². The molecule has 0 N–H and O–H groups in total. The highest BCUT2D eigenvalue weighted by molar-refractivity contribution is 5.77. The Bertz CT molecular complexity index is 334. The number of benzene rings is 1. The van der Waals surface area contributed by atoms with Crippen LogP contribution in [0.3, 0.4) is 0 Å². The van der Waals surface area contributed by atoms with Crippen LogP contribution in [-0.4, -0.2) is 37.8 Å². The second-order valence-electron chi connectivity index (χ2n) is 3.54. The van der Waals surface area contributed by atoms with Crippen LogP contribution in [0.15, 0.2) is 42.6 Å². The molecule has 86 valence electrons. The minimum absolute atomic E-state index is 1.06. The van der Waals surface area contributed by atoms with Crippen LogP contribution in [0.5, 0.6) is 0 Å². The highest BCUT2D eigenvalue weighted by Gasteiger charge is 1.86. The Labute approximate surface area is 96.7 Å². The molecule has 0 amide bonds. The maximum absolute atomic E-state index is 8.00. The van der Waals surface area contributed by atoms with Crippen LogP contribution in [0, 0.1) is 0 Å². The number of hydrogen-bond donors (Lipinski definition) is 0. The summed E-state index contributed by atoms with van der Waals surface area (Å²) in [5.74, 6) is 0. The number of fused-ring (bicyclic) bond motifs is 1. The Balaban J connectivity index is 0.000000323. The van der Waals surface area contributed by atoms with Crippen molar-refractivity contribution in [2.24, 2.45) is 0 Å². The third-order valence-corrected chi connectivity index (χ3v) is 1.51. The molecular formula is C13H18N2O. The van der Waals surface area contributed by atoms with Crippen LogP contribution in [0.4, 0.5) is 0 Å². The molecule has 3 heteroatoms. The predicted molar refractivity (Wildman–Crippen MR) is 68.5 cm³/mol. The van der Waals surface area contributed by atoms with Crippen molar-refractivity contribution in [3.8, 4) is 0 Å². The molecule has 0 saturated heterocycles. The van der Waals surface area contributed by atoms with E-state index in [-0.39, 0.29) is 0 Å². The van der Waals surface area contributed by atoms with Crippen molar-refractivity contribution in [2.75, 3.05) is 21.1 Å². The van der Waals surface area contributed by atoms with Gasteiger partial charge in [0.1, 0.15) is 6.79 Å². The second-order valence-corrected chi connectivity index (χ2v) is 3.54. The van der Waals surface area contributed by atoms with E-state index in [9.17, 15) is 0 Å². The molecule has 0 aliphatic heterocycles. The Morgan fingerprint density at radius 3 is 2.06 bits per heavy atom. The molecule has 0 fully saturated rings. The SMILES string of the molecule is C=O.CN(C)C.c1ccc2ncccc2c1. The molecule has 1 aromatic heterocycles. The molecule has 16 heavy (non-hydrogen) atoms. The van der Waals surface area contributed by atoms with Crippen LogP contribution in [-0.2, 0) is 4.79 Å². The first kappa shape index (κ1) is 14.3. The van der Waals surface area contributed by atoms with Crippen LogP contribution < -0.4 is 0 Å². The van der Waals surface area contributed by atoms with Gasteiger partial charge in [0.2, 0.25) is 0 Å². The molecule has 0 aliphatic rings. The van der Waals surface area contributed by atoms with E-state index in [1.807, 2.05) is 63.3 Å². The van der Waals surface area contributed by atoms with E-state index in [1.165, 1.54) is 5.39 Å². The second kappa shape index (κ2) is 8.56. The summed E-state index contributed by atoms with van der Waals surface area (Å²) in [7, 11) is 6.00. The summed E-state index contributed by atoms with van der Waals surface area (Å²) >= 11 is 0. The van der Waals surface area contributed by atoms with Crippen molar-refractivity contribution in [1.29, 1.82) is 0 Å². The van der Waals surface area contributed by atoms with Crippen LogP contribution >= 0.6 is 0 Å². The third kappa shape index (κ3) is 5.88. The van der Waals surface area contributed by atoms with E-state index in [0.717, 1.165) is 5.52 Å². The fraction of sp³-hybridized carbons (Fsp3) is 0.231. The topological polar surface area (TPSA) is 33.2 Å². The standard InChI is InChI=1S/C9H7N.C3H9N.CH2O/c1-2-6-9-8(4-1)5-3-7-10-9;1-4(2)3;1-2/h1-7H;1-3H3;1H2. The largest absolute Gasteiger partial charge is 0.312 e. The van der Waals surface area contributed by atoms with Gasteiger partial charge in [0.15, 0.2) is 0 Å². The highest BCUT2D eigenvalue weighted by atomic mass is 16.1. The van der Waals surface area contributed by atoms with E-state index in [1.54, 1.807) is 0 Å². The number of para-hydroxylation sites is 1. The van der Waals surface area contributed by atoms with Gasteiger partial charge in [-0.1, -0.05) is 24.3 Å². The van der Waals surface area contributed by atoms with Crippen molar-refractivity contribution in [3.05, 3.63) is 42.6 Å². The first-order valence-corrected chi connectivity index (χ1v) is 4.89. The number of carbonyl (C=O) groups excluding carboxylic acids is 1. The molecule has 1 heterocycles. The van der Waals surface area contributed by atoms with E-state index in [4.69, 9.17) is 4.79 Å². The molecule has 0 bridgehead atoms. The first-order valence-electron chi connectivity index (χ1n) is 4.89. The summed E-state index contributed by atoms with van der Waals surface area (Å²) in [4.78, 5) is 14.2. The third-order valence-electron chi connectivity index (χ3n) is 1.51. The molecule has 2 rings (SSSR count). The van der Waals surface area contributed by atoms with Crippen molar-refractivity contribution in [2.45, 2.75) is 0 Å². The van der Waals surface area contributed by atoms with Gasteiger partial charge in [0, 0.05) is 11.6 Å². The summed E-state index contributed by atoms with van der Waals surface area (Å²) in [6.45, 7) is 2.00. The van der Waals surface area contributed by atoms with Gasteiger partial charge in [-0.3, -0.25) is 4.98 Å². The number of rotatable bonds is 0. The number of hydrogen-bond acceptors (Lipinski definition) is 3. The maximum atomic E-state index is 8.00. The fourth-order valence-electron chi connectivity index (χ4n) is 1.02. The number of nitrogens with zero attached hydrogens (tertiary/aromatic N) is 2. The quantitative estimate of drug-likeness (QED) is 0.680. The van der Waals surface area contributed by atoms with E-state index < -0.39 is 0 Å². The number of pyridine rings is 1. The molecule has 3 nitrogen and oxygen atoms in total.